The molecule has 0 heteroatoms. The van der Waals surface area contributed by atoms with Gasteiger partial charge in [-0.05, 0) is 104 Å². The Hall–Kier alpha value is -4.08. The highest BCUT2D eigenvalue weighted by atomic mass is 14.1. The average molecular weight is 378 g/mol. The second-order valence-corrected chi connectivity index (χ2v) is 7.78. The molecular weight excluding hydrogens is 360 g/mol. The first-order valence-electron chi connectivity index (χ1n) is 10.2. The van der Waals surface area contributed by atoms with Crippen LogP contribution in [0.3, 0.4) is 0 Å². The smallest absolute Gasteiger partial charge is 0.0255 e. The van der Waals surface area contributed by atoms with Gasteiger partial charge in [-0.2, -0.15) is 0 Å². The fraction of sp³-hybridized carbons (Fsp3) is 0. The molecule has 0 aliphatic carbocycles. The highest BCUT2D eigenvalue weighted by Gasteiger charge is 2.04. The molecule has 6 rings (SSSR count). The van der Waals surface area contributed by atoms with Gasteiger partial charge in [0, 0.05) is 11.1 Å². The van der Waals surface area contributed by atoms with Crippen LogP contribution in [0.15, 0.2) is 109 Å². The third kappa shape index (κ3) is 2.98. The zero-order valence-corrected chi connectivity index (χ0v) is 16.4. The van der Waals surface area contributed by atoms with E-state index in [0.29, 0.717) is 0 Å². The van der Waals surface area contributed by atoms with Crippen molar-refractivity contribution in [1.29, 1.82) is 0 Å². The molecule has 0 fully saturated rings. The van der Waals surface area contributed by atoms with Crippen LogP contribution in [0, 0.1) is 11.8 Å². The molecule has 0 spiro atoms. The molecule has 0 atom stereocenters. The highest BCUT2D eigenvalue weighted by molar-refractivity contribution is 6.08. The van der Waals surface area contributed by atoms with Crippen LogP contribution in [0.1, 0.15) is 11.1 Å². The highest BCUT2D eigenvalue weighted by Crippen LogP contribution is 2.30. The number of benzene rings is 6. The lowest BCUT2D eigenvalue weighted by atomic mass is 9.97. The van der Waals surface area contributed by atoms with Gasteiger partial charge in [-0.3, -0.25) is 0 Å². The van der Waals surface area contributed by atoms with Crippen LogP contribution in [0.5, 0.6) is 0 Å². The zero-order chi connectivity index (χ0) is 19.9. The van der Waals surface area contributed by atoms with Crippen molar-refractivity contribution in [3.05, 3.63) is 120 Å². The van der Waals surface area contributed by atoms with Crippen LogP contribution in [-0.4, -0.2) is 0 Å². The van der Waals surface area contributed by atoms with E-state index in [0.717, 1.165) is 11.1 Å². The van der Waals surface area contributed by atoms with E-state index in [1.165, 1.54) is 43.1 Å². The molecule has 0 heterocycles. The van der Waals surface area contributed by atoms with Crippen molar-refractivity contribution >= 4 is 43.1 Å². The lowest BCUT2D eigenvalue weighted by Crippen LogP contribution is -1.82. The summed E-state index contributed by atoms with van der Waals surface area (Å²) in [6.07, 6.45) is 0. The Kier molecular flexibility index (Phi) is 3.79. The number of hydrogen-bond donors (Lipinski definition) is 0. The molecule has 6 aromatic rings. The summed E-state index contributed by atoms with van der Waals surface area (Å²) in [6, 6.07) is 38.9. The van der Waals surface area contributed by atoms with Crippen molar-refractivity contribution in [2.75, 3.05) is 0 Å². The van der Waals surface area contributed by atoms with Gasteiger partial charge in [0.25, 0.3) is 0 Å². The van der Waals surface area contributed by atoms with Crippen LogP contribution >= 0.6 is 0 Å². The Labute approximate surface area is 175 Å². The molecule has 0 nitrogen and oxygen atoms in total. The first kappa shape index (κ1) is 16.8. The van der Waals surface area contributed by atoms with Gasteiger partial charge in [-0.1, -0.05) is 60.4 Å². The Morgan fingerprint density at radius 3 is 1.33 bits per heavy atom. The normalized spacial score (nSPS) is 11.1. The topological polar surface area (TPSA) is 0 Å². The SMILES string of the molecule is C(#Cc1ccc2cc3cc4cc5ccccc5cc4cc3cc2c1)c1ccccc1. The molecule has 0 N–H and O–H groups in total. The van der Waals surface area contributed by atoms with Crippen LogP contribution in [0.4, 0.5) is 0 Å². The predicted molar refractivity (Wildman–Crippen MR) is 129 cm³/mol. The van der Waals surface area contributed by atoms with Gasteiger partial charge in [0.2, 0.25) is 0 Å². The second-order valence-electron chi connectivity index (χ2n) is 7.78. The molecule has 0 saturated carbocycles. The maximum atomic E-state index is 3.30. The molecule has 138 valence electrons. The Morgan fingerprint density at radius 2 is 0.733 bits per heavy atom. The molecule has 6 aromatic carbocycles. The predicted octanol–water partition coefficient (Wildman–Crippen LogP) is 7.70. The van der Waals surface area contributed by atoms with Crippen molar-refractivity contribution in [3.8, 4) is 11.8 Å². The van der Waals surface area contributed by atoms with E-state index in [4.69, 9.17) is 0 Å². The van der Waals surface area contributed by atoms with E-state index in [1.54, 1.807) is 0 Å². The molecule has 0 amide bonds. The Morgan fingerprint density at radius 1 is 0.300 bits per heavy atom. The molecule has 0 saturated heterocycles. The first-order valence-corrected chi connectivity index (χ1v) is 10.2. The minimum atomic E-state index is 1.04. The minimum Gasteiger partial charge on any atom is -0.0622 e. The molecule has 0 aliphatic heterocycles. The Bertz CT molecular complexity index is 1630. The molecule has 0 aromatic heterocycles. The molecule has 0 unspecified atom stereocenters. The maximum Gasteiger partial charge on any atom is 0.0255 e. The van der Waals surface area contributed by atoms with Gasteiger partial charge in [-0.15, -0.1) is 0 Å². The third-order valence-corrected chi connectivity index (χ3v) is 5.74. The summed E-state index contributed by atoms with van der Waals surface area (Å²) in [7, 11) is 0. The molecule has 30 heavy (non-hydrogen) atoms. The fourth-order valence-corrected chi connectivity index (χ4v) is 4.19. The summed E-state index contributed by atoms with van der Waals surface area (Å²) < 4.78 is 0. The van der Waals surface area contributed by atoms with Crippen molar-refractivity contribution < 1.29 is 0 Å². The van der Waals surface area contributed by atoms with E-state index in [-0.39, 0.29) is 0 Å². The standard InChI is InChI=1S/C30H18/c1-2-6-21(7-3-1)10-11-22-12-13-25-17-29-19-27-15-23-8-4-5-9-24(23)16-28(27)20-30(29)18-26(25)14-22/h1-9,12-20H. The molecule has 0 radical (unpaired) electrons. The number of rotatable bonds is 0. The lowest BCUT2D eigenvalue weighted by Gasteiger charge is -2.07. The quantitative estimate of drug-likeness (QED) is 0.188. The summed E-state index contributed by atoms with van der Waals surface area (Å²) in [4.78, 5) is 0. The van der Waals surface area contributed by atoms with E-state index < -0.39 is 0 Å². The summed E-state index contributed by atoms with van der Waals surface area (Å²) in [5.41, 5.74) is 2.08. The van der Waals surface area contributed by atoms with E-state index >= 15 is 0 Å². The summed E-state index contributed by atoms with van der Waals surface area (Å²) >= 11 is 0. The maximum absolute atomic E-state index is 3.30. The minimum absolute atomic E-state index is 1.04. The van der Waals surface area contributed by atoms with E-state index in [9.17, 15) is 0 Å². The Balaban J connectivity index is 1.50. The van der Waals surface area contributed by atoms with Crippen molar-refractivity contribution in [2.24, 2.45) is 0 Å². The second kappa shape index (κ2) is 6.76. The van der Waals surface area contributed by atoms with Gasteiger partial charge in [0.1, 0.15) is 0 Å². The van der Waals surface area contributed by atoms with Crippen molar-refractivity contribution in [3.63, 3.8) is 0 Å². The summed E-state index contributed by atoms with van der Waals surface area (Å²) in [5.74, 6) is 6.55. The van der Waals surface area contributed by atoms with Gasteiger partial charge in [0.05, 0.1) is 0 Å². The summed E-state index contributed by atoms with van der Waals surface area (Å²) in [6.45, 7) is 0. The lowest BCUT2D eigenvalue weighted by molar-refractivity contribution is 1.64. The average Bonchev–Trinajstić information content (AvgIpc) is 2.79. The van der Waals surface area contributed by atoms with Crippen molar-refractivity contribution in [1.82, 2.24) is 0 Å². The van der Waals surface area contributed by atoms with Crippen LogP contribution < -0.4 is 0 Å². The fourth-order valence-electron chi connectivity index (χ4n) is 4.19. The van der Waals surface area contributed by atoms with Gasteiger partial charge < -0.3 is 0 Å². The first-order chi connectivity index (χ1) is 14.8. The molecule has 0 bridgehead atoms. The van der Waals surface area contributed by atoms with Crippen LogP contribution in [-0.2, 0) is 0 Å². The largest absolute Gasteiger partial charge is 0.0622 e. The van der Waals surface area contributed by atoms with Crippen LogP contribution in [0.25, 0.3) is 43.1 Å². The monoisotopic (exact) mass is 378 g/mol. The molecule has 0 aliphatic rings. The summed E-state index contributed by atoms with van der Waals surface area (Å²) in [5, 5.41) is 10.1. The third-order valence-electron chi connectivity index (χ3n) is 5.74. The zero-order valence-electron chi connectivity index (χ0n) is 16.4. The van der Waals surface area contributed by atoms with E-state index in [2.05, 4.69) is 90.7 Å². The number of fused-ring (bicyclic) bond motifs is 4. The number of hydrogen-bond acceptors (Lipinski definition) is 0. The molecular formula is C30H18. The van der Waals surface area contributed by atoms with Crippen molar-refractivity contribution in [2.45, 2.75) is 0 Å². The van der Waals surface area contributed by atoms with Gasteiger partial charge >= 0.3 is 0 Å². The van der Waals surface area contributed by atoms with E-state index in [1.807, 2.05) is 30.3 Å². The van der Waals surface area contributed by atoms with Gasteiger partial charge in [0.15, 0.2) is 0 Å². The van der Waals surface area contributed by atoms with Crippen LogP contribution in [0.2, 0.25) is 0 Å². The van der Waals surface area contributed by atoms with Gasteiger partial charge in [-0.25, -0.2) is 0 Å².